The molecule has 0 radical (unpaired) electrons. The van der Waals surface area contributed by atoms with E-state index < -0.39 is 0 Å². The molecule has 0 saturated carbocycles. The van der Waals surface area contributed by atoms with Crippen LogP contribution in [0.1, 0.15) is 53.4 Å². The van der Waals surface area contributed by atoms with Gasteiger partial charge in [0.25, 0.3) is 0 Å². The lowest BCUT2D eigenvalue weighted by Gasteiger charge is -2.22. The second kappa shape index (κ2) is 8.12. The summed E-state index contributed by atoms with van der Waals surface area (Å²) < 4.78 is 0. The molecule has 0 amide bonds. The average molecular weight is 214 g/mol. The van der Waals surface area contributed by atoms with Crippen LogP contribution in [-0.4, -0.2) is 19.1 Å². The Balaban J connectivity index is 3.64. The van der Waals surface area contributed by atoms with Crippen LogP contribution in [0.4, 0.5) is 0 Å². The van der Waals surface area contributed by atoms with Crippen molar-refractivity contribution in [2.75, 3.05) is 7.05 Å². The first-order chi connectivity index (χ1) is 6.97. The molecule has 0 rings (SSSR count). The van der Waals surface area contributed by atoms with E-state index >= 15 is 0 Å². The molecule has 4 atom stereocenters. The third-order valence-corrected chi connectivity index (χ3v) is 3.60. The SMILES string of the molecule is CNC(C)CCC(C)C(C)CCC(C)N. The zero-order chi connectivity index (χ0) is 11.8. The zero-order valence-corrected chi connectivity index (χ0v) is 11.2. The van der Waals surface area contributed by atoms with E-state index in [9.17, 15) is 0 Å². The van der Waals surface area contributed by atoms with Gasteiger partial charge in [0, 0.05) is 12.1 Å². The van der Waals surface area contributed by atoms with Gasteiger partial charge < -0.3 is 11.1 Å². The second-order valence-corrected chi connectivity index (χ2v) is 5.28. The lowest BCUT2D eigenvalue weighted by molar-refractivity contribution is 0.313. The van der Waals surface area contributed by atoms with Crippen LogP contribution in [0.25, 0.3) is 0 Å². The Bertz CT molecular complexity index is 145. The van der Waals surface area contributed by atoms with E-state index in [2.05, 4.69) is 33.0 Å². The summed E-state index contributed by atoms with van der Waals surface area (Å²) in [5.41, 5.74) is 5.77. The molecule has 2 nitrogen and oxygen atoms in total. The van der Waals surface area contributed by atoms with E-state index in [1.54, 1.807) is 0 Å². The van der Waals surface area contributed by atoms with Gasteiger partial charge in [-0.3, -0.25) is 0 Å². The maximum Gasteiger partial charge on any atom is 0.00358 e. The van der Waals surface area contributed by atoms with Crippen molar-refractivity contribution in [2.24, 2.45) is 17.6 Å². The number of nitrogens with two attached hydrogens (primary N) is 1. The number of rotatable bonds is 8. The van der Waals surface area contributed by atoms with Gasteiger partial charge in [-0.05, 0) is 58.4 Å². The van der Waals surface area contributed by atoms with Crippen molar-refractivity contribution >= 4 is 0 Å². The highest BCUT2D eigenvalue weighted by molar-refractivity contribution is 4.67. The molecule has 92 valence electrons. The first kappa shape index (κ1) is 14.9. The minimum atomic E-state index is 0.357. The van der Waals surface area contributed by atoms with Gasteiger partial charge in [0.05, 0.1) is 0 Å². The molecule has 0 fully saturated rings. The fourth-order valence-electron chi connectivity index (χ4n) is 1.75. The van der Waals surface area contributed by atoms with E-state index in [-0.39, 0.29) is 0 Å². The molecule has 2 heteroatoms. The van der Waals surface area contributed by atoms with E-state index in [1.807, 2.05) is 7.05 Å². The molecule has 0 aliphatic heterocycles. The van der Waals surface area contributed by atoms with Gasteiger partial charge in [0.15, 0.2) is 0 Å². The van der Waals surface area contributed by atoms with Crippen molar-refractivity contribution in [3.05, 3.63) is 0 Å². The molecule has 3 N–H and O–H groups in total. The predicted molar refractivity (Wildman–Crippen MR) is 69.0 cm³/mol. The molecule has 0 aliphatic carbocycles. The molecule has 4 unspecified atom stereocenters. The third-order valence-electron chi connectivity index (χ3n) is 3.60. The Kier molecular flexibility index (Phi) is 8.07. The quantitative estimate of drug-likeness (QED) is 0.652. The molecule has 0 aromatic heterocycles. The smallest absolute Gasteiger partial charge is 0.00358 e. The van der Waals surface area contributed by atoms with Crippen LogP contribution in [0.15, 0.2) is 0 Å². The first-order valence-corrected chi connectivity index (χ1v) is 6.40. The number of nitrogens with one attached hydrogen (secondary N) is 1. The average Bonchev–Trinajstić information content (AvgIpc) is 2.21. The van der Waals surface area contributed by atoms with Gasteiger partial charge in [-0.1, -0.05) is 13.8 Å². The van der Waals surface area contributed by atoms with E-state index in [0.29, 0.717) is 12.1 Å². The second-order valence-electron chi connectivity index (χ2n) is 5.28. The van der Waals surface area contributed by atoms with Crippen molar-refractivity contribution in [3.63, 3.8) is 0 Å². The molecule has 0 bridgehead atoms. The van der Waals surface area contributed by atoms with Crippen LogP contribution >= 0.6 is 0 Å². The van der Waals surface area contributed by atoms with E-state index in [4.69, 9.17) is 5.73 Å². The summed E-state index contributed by atoms with van der Waals surface area (Å²) in [6.45, 7) is 9.07. The van der Waals surface area contributed by atoms with E-state index in [0.717, 1.165) is 18.3 Å². The summed E-state index contributed by atoms with van der Waals surface area (Å²) in [5.74, 6) is 1.62. The highest BCUT2D eigenvalue weighted by atomic mass is 14.8. The van der Waals surface area contributed by atoms with Crippen LogP contribution in [0.2, 0.25) is 0 Å². The fourth-order valence-corrected chi connectivity index (χ4v) is 1.75. The first-order valence-electron chi connectivity index (χ1n) is 6.40. The molecule has 0 saturated heterocycles. The van der Waals surface area contributed by atoms with E-state index in [1.165, 1.54) is 19.3 Å². The summed E-state index contributed by atoms with van der Waals surface area (Å²) in [4.78, 5) is 0. The lowest BCUT2D eigenvalue weighted by Crippen LogP contribution is -2.23. The normalized spacial score (nSPS) is 19.6. The van der Waals surface area contributed by atoms with Gasteiger partial charge in [0.1, 0.15) is 0 Å². The molecule has 0 aromatic rings. The molecule has 0 heterocycles. The van der Waals surface area contributed by atoms with Gasteiger partial charge in [-0.25, -0.2) is 0 Å². The summed E-state index contributed by atoms with van der Waals surface area (Å²) >= 11 is 0. The summed E-state index contributed by atoms with van der Waals surface area (Å²) in [6, 6.07) is 1.00. The van der Waals surface area contributed by atoms with Crippen LogP contribution in [0.5, 0.6) is 0 Å². The van der Waals surface area contributed by atoms with Gasteiger partial charge >= 0.3 is 0 Å². The molecule has 0 aromatic carbocycles. The largest absolute Gasteiger partial charge is 0.328 e. The topological polar surface area (TPSA) is 38.0 Å². The molecule has 0 spiro atoms. The number of hydrogen-bond donors (Lipinski definition) is 2. The Morgan fingerprint density at radius 3 is 1.73 bits per heavy atom. The summed E-state index contributed by atoms with van der Waals surface area (Å²) in [5, 5.41) is 3.29. The highest BCUT2D eigenvalue weighted by Crippen LogP contribution is 2.22. The minimum Gasteiger partial charge on any atom is -0.328 e. The van der Waals surface area contributed by atoms with Crippen molar-refractivity contribution in [2.45, 2.75) is 65.5 Å². The third kappa shape index (κ3) is 7.80. The Morgan fingerprint density at radius 2 is 1.33 bits per heavy atom. The maximum atomic E-state index is 5.77. The predicted octanol–water partition coefficient (Wildman–Crippen LogP) is 2.77. The lowest BCUT2D eigenvalue weighted by atomic mass is 9.86. The van der Waals surface area contributed by atoms with Gasteiger partial charge in [0.2, 0.25) is 0 Å². The maximum absolute atomic E-state index is 5.77. The fraction of sp³-hybridized carbons (Fsp3) is 1.00. The van der Waals surface area contributed by atoms with Crippen LogP contribution in [-0.2, 0) is 0 Å². The molecule has 0 aliphatic rings. The Hall–Kier alpha value is -0.0800. The van der Waals surface area contributed by atoms with Crippen LogP contribution in [0, 0.1) is 11.8 Å². The van der Waals surface area contributed by atoms with Gasteiger partial charge in [-0.2, -0.15) is 0 Å². The summed E-state index contributed by atoms with van der Waals surface area (Å²) in [6.07, 6.45) is 5.03. The van der Waals surface area contributed by atoms with Crippen molar-refractivity contribution in [1.29, 1.82) is 0 Å². The van der Waals surface area contributed by atoms with Crippen molar-refractivity contribution in [3.8, 4) is 0 Å². The van der Waals surface area contributed by atoms with Crippen LogP contribution in [0.3, 0.4) is 0 Å². The Labute approximate surface area is 96.0 Å². The minimum absolute atomic E-state index is 0.357. The van der Waals surface area contributed by atoms with Crippen LogP contribution < -0.4 is 11.1 Å². The highest BCUT2D eigenvalue weighted by Gasteiger charge is 2.13. The van der Waals surface area contributed by atoms with Gasteiger partial charge in [-0.15, -0.1) is 0 Å². The standard InChI is InChI=1S/C13H30N2/c1-10(6-8-12(3)14)11(2)7-9-13(4)15-5/h10-13,15H,6-9,14H2,1-5H3. The van der Waals surface area contributed by atoms with Crippen molar-refractivity contribution in [1.82, 2.24) is 5.32 Å². The zero-order valence-electron chi connectivity index (χ0n) is 11.2. The Morgan fingerprint density at radius 1 is 0.867 bits per heavy atom. The summed E-state index contributed by atoms with van der Waals surface area (Å²) in [7, 11) is 2.04. The molecular weight excluding hydrogens is 184 g/mol. The van der Waals surface area contributed by atoms with Crippen molar-refractivity contribution < 1.29 is 0 Å². The molecular formula is C13H30N2. The monoisotopic (exact) mass is 214 g/mol. The molecule has 15 heavy (non-hydrogen) atoms. The number of hydrogen-bond acceptors (Lipinski definition) is 2.